The number of benzene rings is 1. The van der Waals surface area contributed by atoms with Crippen LogP contribution in [-0.2, 0) is 4.79 Å². The van der Waals surface area contributed by atoms with E-state index in [-0.39, 0.29) is 12.3 Å². The lowest BCUT2D eigenvalue weighted by Gasteiger charge is -2.36. The Kier molecular flexibility index (Phi) is 5.60. The van der Waals surface area contributed by atoms with Gasteiger partial charge in [-0.2, -0.15) is 0 Å². The van der Waals surface area contributed by atoms with Crippen LogP contribution in [0.25, 0.3) is 0 Å². The van der Waals surface area contributed by atoms with Crippen LogP contribution in [0.5, 0.6) is 5.75 Å². The minimum atomic E-state index is -0.800. The van der Waals surface area contributed by atoms with Gasteiger partial charge in [-0.05, 0) is 12.1 Å². The summed E-state index contributed by atoms with van der Waals surface area (Å²) in [5.41, 5.74) is 6.00. The second kappa shape index (κ2) is 7.65. The van der Waals surface area contributed by atoms with Gasteiger partial charge >= 0.3 is 6.03 Å². The second-order valence-electron chi connectivity index (χ2n) is 5.16. The summed E-state index contributed by atoms with van der Waals surface area (Å²) in [7, 11) is 1.67. The van der Waals surface area contributed by atoms with Crippen molar-refractivity contribution in [3.8, 4) is 5.75 Å². The summed E-state index contributed by atoms with van der Waals surface area (Å²) >= 11 is 0. The highest BCUT2D eigenvalue weighted by molar-refractivity contribution is 5.93. The molecule has 7 heteroatoms. The Morgan fingerprint density at radius 1 is 1.23 bits per heavy atom. The number of nitrogens with one attached hydrogen (secondary N) is 1. The number of nitrogens with two attached hydrogens (primary N) is 1. The number of anilines is 1. The third-order valence-electron chi connectivity index (χ3n) is 3.72. The summed E-state index contributed by atoms with van der Waals surface area (Å²) in [6.45, 7) is 4.10. The van der Waals surface area contributed by atoms with Crippen LogP contribution in [0.2, 0.25) is 0 Å². The van der Waals surface area contributed by atoms with Crippen LogP contribution in [0.3, 0.4) is 0 Å². The van der Waals surface area contributed by atoms with Crippen molar-refractivity contribution in [2.24, 2.45) is 5.73 Å². The molecule has 1 aliphatic rings. The zero-order valence-electron chi connectivity index (χ0n) is 12.7. The largest absolute Gasteiger partial charge is 0.495 e. The van der Waals surface area contributed by atoms with Gasteiger partial charge in [0.05, 0.1) is 12.8 Å². The van der Waals surface area contributed by atoms with Crippen molar-refractivity contribution in [2.45, 2.75) is 6.42 Å². The molecule has 1 saturated heterocycles. The minimum Gasteiger partial charge on any atom is -0.495 e. The first kappa shape index (κ1) is 16.1. The molecule has 0 spiro atoms. The van der Waals surface area contributed by atoms with Crippen molar-refractivity contribution < 1.29 is 14.3 Å². The van der Waals surface area contributed by atoms with E-state index in [4.69, 9.17) is 10.5 Å². The Labute approximate surface area is 130 Å². The molecule has 0 saturated carbocycles. The third-order valence-corrected chi connectivity index (χ3v) is 3.72. The van der Waals surface area contributed by atoms with Crippen LogP contribution in [0, 0.1) is 0 Å². The molecule has 7 nitrogen and oxygen atoms in total. The first-order valence-corrected chi connectivity index (χ1v) is 7.29. The molecular formula is C15H22N4O3. The molecule has 3 amide bonds. The number of ether oxygens (including phenoxy) is 1. The van der Waals surface area contributed by atoms with Gasteiger partial charge in [0.15, 0.2) is 0 Å². The van der Waals surface area contributed by atoms with Crippen LogP contribution >= 0.6 is 0 Å². The fourth-order valence-corrected chi connectivity index (χ4v) is 2.56. The van der Waals surface area contributed by atoms with Crippen molar-refractivity contribution in [3.05, 3.63) is 24.3 Å². The average molecular weight is 306 g/mol. The predicted octanol–water partition coefficient (Wildman–Crippen LogP) is 0.402. The fourth-order valence-electron chi connectivity index (χ4n) is 2.56. The standard InChI is InChI=1S/C15H22N4O3/c1-22-13-5-3-2-4-12(13)19-10-8-18(9-11-19)7-6-14(20)17-15(16)21/h2-5H,6-11H2,1H3,(H3,16,17,20,21). The van der Waals surface area contributed by atoms with E-state index < -0.39 is 6.03 Å². The van der Waals surface area contributed by atoms with Crippen LogP contribution in [0.1, 0.15) is 6.42 Å². The molecule has 0 aromatic heterocycles. The Hall–Kier alpha value is -2.28. The summed E-state index contributed by atoms with van der Waals surface area (Å²) in [6.07, 6.45) is 0.275. The lowest BCUT2D eigenvalue weighted by molar-refractivity contribution is -0.120. The first-order chi connectivity index (χ1) is 10.6. The predicted molar refractivity (Wildman–Crippen MR) is 84.0 cm³/mol. The van der Waals surface area contributed by atoms with E-state index in [1.54, 1.807) is 7.11 Å². The summed E-state index contributed by atoms with van der Waals surface area (Å²) in [6, 6.07) is 7.16. The lowest BCUT2D eigenvalue weighted by Crippen LogP contribution is -2.47. The van der Waals surface area contributed by atoms with Crippen LogP contribution < -0.4 is 20.7 Å². The van der Waals surface area contributed by atoms with Crippen LogP contribution in [-0.4, -0.2) is 56.7 Å². The molecule has 0 atom stereocenters. The zero-order chi connectivity index (χ0) is 15.9. The molecule has 1 fully saturated rings. The number of rotatable bonds is 5. The quantitative estimate of drug-likeness (QED) is 0.822. The first-order valence-electron chi connectivity index (χ1n) is 7.29. The number of methoxy groups -OCH3 is 1. The minimum absolute atomic E-state index is 0.275. The maximum Gasteiger partial charge on any atom is 0.318 e. The van der Waals surface area contributed by atoms with Crippen molar-refractivity contribution in [2.75, 3.05) is 44.7 Å². The number of nitrogens with zero attached hydrogens (tertiary/aromatic N) is 2. The lowest BCUT2D eigenvalue weighted by atomic mass is 10.2. The fraction of sp³-hybridized carbons (Fsp3) is 0.467. The molecule has 1 heterocycles. The maximum atomic E-state index is 11.4. The maximum absolute atomic E-state index is 11.4. The molecule has 0 unspecified atom stereocenters. The third kappa shape index (κ3) is 4.36. The zero-order valence-corrected chi connectivity index (χ0v) is 12.7. The van der Waals surface area contributed by atoms with E-state index in [1.807, 2.05) is 18.2 Å². The van der Waals surface area contributed by atoms with Crippen molar-refractivity contribution >= 4 is 17.6 Å². The number of primary amides is 1. The summed E-state index contributed by atoms with van der Waals surface area (Å²) in [5.74, 6) is 0.538. The van der Waals surface area contributed by atoms with Crippen LogP contribution in [0.4, 0.5) is 10.5 Å². The Morgan fingerprint density at radius 2 is 1.91 bits per heavy atom. The molecule has 1 aromatic carbocycles. The number of para-hydroxylation sites is 2. The molecule has 0 radical (unpaired) electrons. The van der Waals surface area contributed by atoms with Gasteiger partial charge in [0.25, 0.3) is 0 Å². The molecule has 0 bridgehead atoms. The van der Waals surface area contributed by atoms with E-state index in [2.05, 4.69) is 21.2 Å². The number of carbonyl (C=O) groups is 2. The van der Waals surface area contributed by atoms with E-state index in [1.165, 1.54) is 0 Å². The van der Waals surface area contributed by atoms with Crippen molar-refractivity contribution in [1.29, 1.82) is 0 Å². The summed E-state index contributed by atoms with van der Waals surface area (Å²) in [5, 5.41) is 2.08. The van der Waals surface area contributed by atoms with E-state index >= 15 is 0 Å². The van der Waals surface area contributed by atoms with E-state index in [0.29, 0.717) is 6.54 Å². The van der Waals surface area contributed by atoms with Crippen LogP contribution in [0.15, 0.2) is 24.3 Å². The Morgan fingerprint density at radius 3 is 2.55 bits per heavy atom. The normalized spacial score (nSPS) is 15.4. The number of imide groups is 1. The number of hydrogen-bond donors (Lipinski definition) is 2. The topological polar surface area (TPSA) is 87.9 Å². The summed E-state index contributed by atoms with van der Waals surface area (Å²) in [4.78, 5) is 26.5. The molecule has 120 valence electrons. The molecule has 3 N–H and O–H groups in total. The molecule has 22 heavy (non-hydrogen) atoms. The Bertz CT molecular complexity index is 527. The van der Waals surface area contributed by atoms with Gasteiger partial charge in [-0.25, -0.2) is 4.79 Å². The monoisotopic (exact) mass is 306 g/mol. The van der Waals surface area contributed by atoms with E-state index in [9.17, 15) is 9.59 Å². The molecule has 1 aromatic rings. The molecule has 1 aliphatic heterocycles. The van der Waals surface area contributed by atoms with E-state index in [0.717, 1.165) is 37.6 Å². The van der Waals surface area contributed by atoms with Crippen molar-refractivity contribution in [1.82, 2.24) is 10.2 Å². The molecule has 0 aliphatic carbocycles. The number of urea groups is 1. The van der Waals surface area contributed by atoms with Gasteiger partial charge in [-0.15, -0.1) is 0 Å². The smallest absolute Gasteiger partial charge is 0.318 e. The van der Waals surface area contributed by atoms with Gasteiger partial charge < -0.3 is 15.4 Å². The van der Waals surface area contributed by atoms with Gasteiger partial charge in [-0.3, -0.25) is 15.0 Å². The highest BCUT2D eigenvalue weighted by Gasteiger charge is 2.19. The number of piperazine rings is 1. The molecular weight excluding hydrogens is 284 g/mol. The number of amides is 3. The Balaban J connectivity index is 1.80. The highest BCUT2D eigenvalue weighted by Crippen LogP contribution is 2.28. The average Bonchev–Trinajstić information content (AvgIpc) is 2.53. The van der Waals surface area contributed by atoms with Gasteiger partial charge in [-0.1, -0.05) is 12.1 Å². The van der Waals surface area contributed by atoms with Crippen molar-refractivity contribution in [3.63, 3.8) is 0 Å². The highest BCUT2D eigenvalue weighted by atomic mass is 16.5. The number of hydrogen-bond acceptors (Lipinski definition) is 5. The SMILES string of the molecule is COc1ccccc1N1CCN(CCC(=O)NC(N)=O)CC1. The summed E-state index contributed by atoms with van der Waals surface area (Å²) < 4.78 is 5.39. The van der Waals surface area contributed by atoms with Gasteiger partial charge in [0.1, 0.15) is 5.75 Å². The van der Waals surface area contributed by atoms with Gasteiger partial charge in [0, 0.05) is 39.1 Å². The second-order valence-corrected chi connectivity index (χ2v) is 5.16. The number of carbonyl (C=O) groups excluding carboxylic acids is 2. The van der Waals surface area contributed by atoms with Gasteiger partial charge in [0.2, 0.25) is 5.91 Å². The molecule has 2 rings (SSSR count).